The van der Waals surface area contributed by atoms with Gasteiger partial charge in [0.25, 0.3) is 0 Å². The third-order valence-electron chi connectivity index (χ3n) is 4.94. The van der Waals surface area contributed by atoms with Crippen molar-refractivity contribution in [2.24, 2.45) is 5.92 Å². The normalized spacial score (nSPS) is 30.8. The molecular weight excluding hydrogens is 254 g/mol. The highest BCUT2D eigenvalue weighted by atomic mass is 16.5. The maximum absolute atomic E-state index is 9.98. The van der Waals surface area contributed by atoms with Crippen molar-refractivity contribution >= 4 is 0 Å². The molecule has 118 valence electrons. The number of rotatable bonds is 8. The lowest BCUT2D eigenvalue weighted by atomic mass is 9.80. The fourth-order valence-corrected chi connectivity index (χ4v) is 3.33. The van der Waals surface area contributed by atoms with Gasteiger partial charge < -0.3 is 19.9 Å². The molecule has 0 saturated heterocycles. The van der Waals surface area contributed by atoms with Crippen LogP contribution in [-0.4, -0.2) is 49.7 Å². The molecule has 20 heavy (non-hydrogen) atoms. The van der Waals surface area contributed by atoms with E-state index in [9.17, 15) is 5.11 Å². The Kier molecular flexibility index (Phi) is 6.27. The van der Waals surface area contributed by atoms with Crippen LogP contribution in [0.15, 0.2) is 0 Å². The van der Waals surface area contributed by atoms with Crippen molar-refractivity contribution in [2.45, 2.75) is 69.7 Å². The molecule has 0 amide bonds. The summed E-state index contributed by atoms with van der Waals surface area (Å²) in [6, 6.07) is 0. The second kappa shape index (κ2) is 7.74. The van der Waals surface area contributed by atoms with Gasteiger partial charge in [-0.05, 0) is 38.0 Å². The van der Waals surface area contributed by atoms with Crippen molar-refractivity contribution in [1.29, 1.82) is 0 Å². The van der Waals surface area contributed by atoms with Crippen LogP contribution in [0.1, 0.15) is 51.9 Å². The smallest absolute Gasteiger partial charge is 0.0897 e. The van der Waals surface area contributed by atoms with Crippen molar-refractivity contribution < 1.29 is 14.6 Å². The van der Waals surface area contributed by atoms with Crippen LogP contribution in [-0.2, 0) is 9.47 Å². The number of nitrogens with one attached hydrogen (secondary N) is 1. The summed E-state index contributed by atoms with van der Waals surface area (Å²) < 4.78 is 11.4. The first kappa shape index (κ1) is 16.2. The molecule has 0 heterocycles. The minimum absolute atomic E-state index is 0.0272. The Morgan fingerprint density at radius 3 is 2.70 bits per heavy atom. The summed E-state index contributed by atoms with van der Waals surface area (Å²) in [5.74, 6) is 0.768. The third kappa shape index (κ3) is 4.69. The third-order valence-corrected chi connectivity index (χ3v) is 4.94. The van der Waals surface area contributed by atoms with Crippen molar-refractivity contribution in [3.63, 3.8) is 0 Å². The number of hydrogen-bond acceptors (Lipinski definition) is 4. The highest BCUT2D eigenvalue weighted by Gasteiger charge is 2.36. The highest BCUT2D eigenvalue weighted by Crippen LogP contribution is 2.34. The van der Waals surface area contributed by atoms with E-state index >= 15 is 0 Å². The van der Waals surface area contributed by atoms with Crippen LogP contribution in [0.5, 0.6) is 0 Å². The molecule has 0 radical (unpaired) electrons. The molecule has 4 nitrogen and oxygen atoms in total. The predicted octanol–water partition coefficient (Wildman–Crippen LogP) is 2.10. The molecule has 2 rings (SSSR count). The van der Waals surface area contributed by atoms with E-state index in [1.807, 2.05) is 0 Å². The van der Waals surface area contributed by atoms with Crippen molar-refractivity contribution in [1.82, 2.24) is 5.32 Å². The Balaban J connectivity index is 1.55. The molecule has 0 bridgehead atoms. The molecule has 2 aliphatic carbocycles. The van der Waals surface area contributed by atoms with Crippen LogP contribution in [0.3, 0.4) is 0 Å². The topological polar surface area (TPSA) is 50.7 Å². The van der Waals surface area contributed by atoms with Crippen LogP contribution in [0.2, 0.25) is 0 Å². The summed E-state index contributed by atoms with van der Waals surface area (Å²) in [4.78, 5) is 0. The van der Waals surface area contributed by atoms with E-state index in [2.05, 4.69) is 12.2 Å². The Bertz CT molecular complexity index is 275. The Morgan fingerprint density at radius 1 is 1.30 bits per heavy atom. The quantitative estimate of drug-likeness (QED) is 0.717. The lowest BCUT2D eigenvalue weighted by Gasteiger charge is -2.40. The zero-order valence-electron chi connectivity index (χ0n) is 13.1. The molecule has 2 fully saturated rings. The summed E-state index contributed by atoms with van der Waals surface area (Å²) in [6.45, 7) is 4.16. The number of methoxy groups -OCH3 is 1. The largest absolute Gasteiger partial charge is 0.389 e. The van der Waals surface area contributed by atoms with E-state index in [-0.39, 0.29) is 5.60 Å². The Morgan fingerprint density at radius 2 is 2.10 bits per heavy atom. The van der Waals surface area contributed by atoms with Gasteiger partial charge in [0.15, 0.2) is 0 Å². The van der Waals surface area contributed by atoms with Gasteiger partial charge in [-0.1, -0.05) is 19.8 Å². The number of aliphatic hydroxyl groups excluding tert-OH is 1. The maximum Gasteiger partial charge on any atom is 0.0897 e. The predicted molar refractivity (Wildman–Crippen MR) is 79.8 cm³/mol. The minimum Gasteiger partial charge on any atom is -0.389 e. The average molecular weight is 285 g/mol. The summed E-state index contributed by atoms with van der Waals surface area (Å²) in [7, 11) is 1.78. The van der Waals surface area contributed by atoms with Gasteiger partial charge in [0.05, 0.1) is 24.4 Å². The number of aliphatic hydroxyl groups is 1. The fourth-order valence-electron chi connectivity index (χ4n) is 3.33. The molecule has 2 N–H and O–H groups in total. The molecule has 0 aliphatic heterocycles. The molecular formula is C16H31NO3. The second-order valence-corrected chi connectivity index (χ2v) is 6.75. The van der Waals surface area contributed by atoms with Gasteiger partial charge in [0, 0.05) is 20.2 Å². The van der Waals surface area contributed by atoms with Gasteiger partial charge in [-0.3, -0.25) is 0 Å². The van der Waals surface area contributed by atoms with Crippen molar-refractivity contribution in [2.75, 3.05) is 26.8 Å². The number of hydrogen-bond donors (Lipinski definition) is 2. The standard InChI is InChI=1S/C16H31NO3/c1-13-5-3-6-15(9-13)20-11-14(18)10-17-12-16(19-2)7-4-8-16/h13-15,17-18H,3-12H2,1-2H3. The molecule has 0 aromatic rings. The van der Waals surface area contributed by atoms with Gasteiger partial charge in [-0.15, -0.1) is 0 Å². The van der Waals surface area contributed by atoms with E-state index in [0.29, 0.717) is 19.3 Å². The van der Waals surface area contributed by atoms with Gasteiger partial charge in [0.1, 0.15) is 0 Å². The Labute approximate surface area is 123 Å². The fraction of sp³-hybridized carbons (Fsp3) is 1.00. The van der Waals surface area contributed by atoms with E-state index in [0.717, 1.165) is 38.1 Å². The molecule has 2 saturated carbocycles. The molecule has 0 spiro atoms. The Hall–Kier alpha value is -0.160. The second-order valence-electron chi connectivity index (χ2n) is 6.75. The monoisotopic (exact) mass is 285 g/mol. The van der Waals surface area contributed by atoms with Gasteiger partial charge in [-0.25, -0.2) is 0 Å². The molecule has 3 atom stereocenters. The molecule has 0 aromatic heterocycles. The maximum atomic E-state index is 9.98. The van der Waals surface area contributed by atoms with Crippen molar-refractivity contribution in [3.05, 3.63) is 0 Å². The van der Waals surface area contributed by atoms with E-state index in [4.69, 9.17) is 9.47 Å². The first-order valence-electron chi connectivity index (χ1n) is 8.19. The summed E-state index contributed by atoms with van der Waals surface area (Å²) >= 11 is 0. The van der Waals surface area contributed by atoms with Gasteiger partial charge in [-0.2, -0.15) is 0 Å². The van der Waals surface area contributed by atoms with Crippen LogP contribution in [0.25, 0.3) is 0 Å². The first-order valence-corrected chi connectivity index (χ1v) is 8.19. The van der Waals surface area contributed by atoms with E-state index in [1.165, 1.54) is 19.3 Å². The van der Waals surface area contributed by atoms with Crippen molar-refractivity contribution in [3.8, 4) is 0 Å². The lowest BCUT2D eigenvalue weighted by Crippen LogP contribution is -2.49. The van der Waals surface area contributed by atoms with E-state index in [1.54, 1.807) is 7.11 Å². The zero-order chi connectivity index (χ0) is 14.4. The number of ether oxygens (including phenoxy) is 2. The molecule has 3 unspecified atom stereocenters. The lowest BCUT2D eigenvalue weighted by molar-refractivity contribution is -0.0727. The minimum atomic E-state index is -0.416. The van der Waals surface area contributed by atoms with Gasteiger partial charge in [0.2, 0.25) is 0 Å². The molecule has 4 heteroatoms. The first-order chi connectivity index (χ1) is 9.63. The van der Waals surface area contributed by atoms with Gasteiger partial charge >= 0.3 is 0 Å². The summed E-state index contributed by atoms with van der Waals surface area (Å²) in [5, 5.41) is 13.3. The van der Waals surface area contributed by atoms with Crippen LogP contribution >= 0.6 is 0 Å². The van der Waals surface area contributed by atoms with Crippen LogP contribution in [0.4, 0.5) is 0 Å². The summed E-state index contributed by atoms with van der Waals surface area (Å²) in [5.41, 5.74) is 0.0272. The molecule has 0 aromatic carbocycles. The highest BCUT2D eigenvalue weighted by molar-refractivity contribution is 4.91. The SMILES string of the molecule is COC1(CNCC(O)COC2CCCC(C)C2)CCC1. The summed E-state index contributed by atoms with van der Waals surface area (Å²) in [6.07, 6.45) is 8.32. The van der Waals surface area contributed by atoms with Crippen LogP contribution in [0, 0.1) is 5.92 Å². The average Bonchev–Trinajstić information content (AvgIpc) is 2.40. The molecule has 2 aliphatic rings. The van der Waals surface area contributed by atoms with E-state index < -0.39 is 6.10 Å². The van der Waals surface area contributed by atoms with Crippen LogP contribution < -0.4 is 5.32 Å². The zero-order valence-corrected chi connectivity index (χ0v) is 13.1.